The van der Waals surface area contributed by atoms with Gasteiger partial charge in [-0.2, -0.15) is 31.6 Å². The number of carboxylic acid groups (broad SMARTS) is 1. The highest BCUT2D eigenvalue weighted by Gasteiger charge is 2.37. The molecule has 0 amide bonds. The minimum Gasteiger partial charge on any atom is -0.480 e. The third-order valence-corrected chi connectivity index (χ3v) is 3.22. The number of aromatic nitrogens is 1. The van der Waals surface area contributed by atoms with Gasteiger partial charge in [0, 0.05) is 18.0 Å². The van der Waals surface area contributed by atoms with E-state index >= 15 is 0 Å². The number of hydrogen-bond donors (Lipinski definition) is 1. The number of halogens is 6. The van der Waals surface area contributed by atoms with Crippen LogP contribution < -0.4 is 0 Å². The molecule has 4 nitrogen and oxygen atoms in total. The SMILES string of the molecule is N#Cc1cn(CC(=O)O)cc1-c1cc(C(F)(F)F)cc(C(F)(F)F)c1. The van der Waals surface area contributed by atoms with Crippen molar-refractivity contribution in [2.45, 2.75) is 18.9 Å². The first-order chi connectivity index (χ1) is 11.4. The zero-order valence-corrected chi connectivity index (χ0v) is 12.1. The Morgan fingerprint density at radius 2 is 1.56 bits per heavy atom. The van der Waals surface area contributed by atoms with E-state index in [1.807, 2.05) is 0 Å². The van der Waals surface area contributed by atoms with Gasteiger partial charge in [-0.1, -0.05) is 0 Å². The summed E-state index contributed by atoms with van der Waals surface area (Å²) in [5.74, 6) is -1.29. The second-order valence-electron chi connectivity index (χ2n) is 5.06. The molecule has 2 aromatic rings. The van der Waals surface area contributed by atoms with Gasteiger partial charge in [-0.25, -0.2) is 0 Å². The van der Waals surface area contributed by atoms with Gasteiger partial charge in [0.1, 0.15) is 12.6 Å². The fourth-order valence-corrected chi connectivity index (χ4v) is 2.19. The number of rotatable bonds is 3. The molecule has 0 unspecified atom stereocenters. The molecule has 0 aliphatic heterocycles. The lowest BCUT2D eigenvalue weighted by Crippen LogP contribution is -2.11. The second-order valence-corrected chi connectivity index (χ2v) is 5.06. The van der Waals surface area contributed by atoms with Crippen LogP contribution in [0.2, 0.25) is 0 Å². The fraction of sp³-hybridized carbons (Fsp3) is 0.200. The lowest BCUT2D eigenvalue weighted by molar-refractivity contribution is -0.143. The summed E-state index contributed by atoms with van der Waals surface area (Å²) in [5.41, 5.74) is -3.99. The molecule has 1 heterocycles. The molecule has 2 rings (SSSR count). The molecule has 0 spiro atoms. The monoisotopic (exact) mass is 362 g/mol. The van der Waals surface area contributed by atoms with Crippen molar-refractivity contribution in [1.82, 2.24) is 4.57 Å². The van der Waals surface area contributed by atoms with E-state index in [2.05, 4.69) is 0 Å². The molecule has 0 radical (unpaired) electrons. The van der Waals surface area contributed by atoms with E-state index in [9.17, 15) is 31.1 Å². The Labute approximate surface area is 136 Å². The third-order valence-electron chi connectivity index (χ3n) is 3.22. The van der Waals surface area contributed by atoms with Crippen molar-refractivity contribution < 1.29 is 36.2 Å². The second kappa shape index (κ2) is 6.16. The zero-order chi connectivity index (χ0) is 19.0. The van der Waals surface area contributed by atoms with Gasteiger partial charge in [0.25, 0.3) is 0 Å². The van der Waals surface area contributed by atoms with Gasteiger partial charge in [-0.3, -0.25) is 4.79 Å². The number of carbonyl (C=O) groups is 1. The Morgan fingerprint density at radius 3 is 1.96 bits per heavy atom. The molecule has 10 heteroatoms. The number of carboxylic acids is 1. The fourth-order valence-electron chi connectivity index (χ4n) is 2.19. The normalized spacial score (nSPS) is 12.0. The maximum Gasteiger partial charge on any atom is 0.416 e. The van der Waals surface area contributed by atoms with Crippen LogP contribution in [0.5, 0.6) is 0 Å². The van der Waals surface area contributed by atoms with Crippen LogP contribution in [0.25, 0.3) is 11.1 Å². The van der Waals surface area contributed by atoms with Crippen LogP contribution in [-0.2, 0) is 23.7 Å². The summed E-state index contributed by atoms with van der Waals surface area (Å²) in [4.78, 5) is 10.7. The molecule has 1 aromatic carbocycles. The maximum atomic E-state index is 12.9. The van der Waals surface area contributed by atoms with Crippen molar-refractivity contribution >= 4 is 5.97 Å². The van der Waals surface area contributed by atoms with Crippen LogP contribution in [0.1, 0.15) is 16.7 Å². The first kappa shape index (κ1) is 18.4. The Balaban J connectivity index is 2.68. The predicted octanol–water partition coefficient (Wildman–Crippen LogP) is 4.15. The van der Waals surface area contributed by atoms with Crippen molar-refractivity contribution in [3.8, 4) is 17.2 Å². The number of hydrogen-bond acceptors (Lipinski definition) is 2. The summed E-state index contributed by atoms with van der Waals surface area (Å²) in [6.45, 7) is -0.597. The topological polar surface area (TPSA) is 66.0 Å². The van der Waals surface area contributed by atoms with E-state index in [4.69, 9.17) is 10.4 Å². The van der Waals surface area contributed by atoms with Crippen LogP contribution >= 0.6 is 0 Å². The molecule has 1 N–H and O–H groups in total. The quantitative estimate of drug-likeness (QED) is 0.835. The Kier molecular flexibility index (Phi) is 4.53. The van der Waals surface area contributed by atoms with E-state index in [0.717, 1.165) is 17.0 Å². The van der Waals surface area contributed by atoms with Crippen LogP contribution in [0, 0.1) is 11.3 Å². The van der Waals surface area contributed by atoms with E-state index in [1.165, 1.54) is 0 Å². The molecule has 0 fully saturated rings. The van der Waals surface area contributed by atoms with Gasteiger partial charge >= 0.3 is 18.3 Å². The highest BCUT2D eigenvalue weighted by Crippen LogP contribution is 2.39. The molecule has 0 atom stereocenters. The van der Waals surface area contributed by atoms with Crippen molar-refractivity contribution in [1.29, 1.82) is 5.26 Å². The summed E-state index contributed by atoms with van der Waals surface area (Å²) >= 11 is 0. The van der Waals surface area contributed by atoms with Crippen molar-refractivity contribution in [3.63, 3.8) is 0 Å². The number of aliphatic carboxylic acids is 1. The Morgan fingerprint density at radius 1 is 1.04 bits per heavy atom. The molecular formula is C15H8F6N2O2. The number of nitrogens with zero attached hydrogens (tertiary/aromatic N) is 2. The van der Waals surface area contributed by atoms with Gasteiger partial charge in [0.05, 0.1) is 16.7 Å². The molecule has 132 valence electrons. The highest BCUT2D eigenvalue weighted by atomic mass is 19.4. The lowest BCUT2D eigenvalue weighted by atomic mass is 9.99. The summed E-state index contributed by atoms with van der Waals surface area (Å²) in [6.07, 6.45) is -7.99. The van der Waals surface area contributed by atoms with Gasteiger partial charge in [-0.15, -0.1) is 0 Å². The van der Waals surface area contributed by atoms with E-state index < -0.39 is 41.6 Å². The van der Waals surface area contributed by atoms with Gasteiger partial charge in [0.2, 0.25) is 0 Å². The number of nitriles is 1. The first-order valence-electron chi connectivity index (χ1n) is 6.53. The maximum absolute atomic E-state index is 12.9. The van der Waals surface area contributed by atoms with Crippen LogP contribution in [0.15, 0.2) is 30.6 Å². The lowest BCUT2D eigenvalue weighted by Gasteiger charge is -2.14. The van der Waals surface area contributed by atoms with E-state index in [-0.39, 0.29) is 17.2 Å². The zero-order valence-electron chi connectivity index (χ0n) is 12.1. The Bertz CT molecular complexity index is 826. The van der Waals surface area contributed by atoms with E-state index in [0.29, 0.717) is 12.1 Å². The molecule has 25 heavy (non-hydrogen) atoms. The average Bonchev–Trinajstić information content (AvgIpc) is 2.87. The minimum absolute atomic E-state index is 0.0240. The summed E-state index contributed by atoms with van der Waals surface area (Å²) < 4.78 is 78.4. The molecule has 0 saturated heterocycles. The van der Waals surface area contributed by atoms with Crippen LogP contribution in [0.3, 0.4) is 0 Å². The van der Waals surface area contributed by atoms with Crippen LogP contribution in [0.4, 0.5) is 26.3 Å². The Hall–Kier alpha value is -2.96. The standard InChI is InChI=1S/C15H8F6N2O2/c16-14(17,18)10-1-8(2-11(3-10)15(19,20)21)12-6-23(7-13(24)25)5-9(12)4-22/h1-3,5-6H,7H2,(H,24,25). The molecule has 0 aliphatic rings. The van der Waals surface area contributed by atoms with Gasteiger partial charge < -0.3 is 9.67 Å². The average molecular weight is 362 g/mol. The summed E-state index contributed by atoms with van der Waals surface area (Å²) in [6, 6.07) is 2.57. The molecule has 0 aliphatic carbocycles. The molecule has 1 aromatic heterocycles. The number of alkyl halides is 6. The summed E-state index contributed by atoms with van der Waals surface area (Å²) in [5, 5.41) is 17.7. The van der Waals surface area contributed by atoms with Crippen molar-refractivity contribution in [2.24, 2.45) is 0 Å². The van der Waals surface area contributed by atoms with Gasteiger partial charge in [-0.05, 0) is 23.8 Å². The van der Waals surface area contributed by atoms with E-state index in [1.54, 1.807) is 6.07 Å². The largest absolute Gasteiger partial charge is 0.480 e. The molecule has 0 saturated carbocycles. The molecular weight excluding hydrogens is 354 g/mol. The third kappa shape index (κ3) is 4.12. The smallest absolute Gasteiger partial charge is 0.416 e. The van der Waals surface area contributed by atoms with Crippen molar-refractivity contribution in [2.75, 3.05) is 0 Å². The molecule has 0 bridgehead atoms. The van der Waals surface area contributed by atoms with Gasteiger partial charge in [0.15, 0.2) is 0 Å². The minimum atomic E-state index is -5.02. The number of benzene rings is 1. The first-order valence-corrected chi connectivity index (χ1v) is 6.53. The predicted molar refractivity (Wildman–Crippen MR) is 72.2 cm³/mol. The highest BCUT2D eigenvalue weighted by molar-refractivity contribution is 5.73. The summed E-state index contributed by atoms with van der Waals surface area (Å²) in [7, 11) is 0. The van der Waals surface area contributed by atoms with Crippen molar-refractivity contribution in [3.05, 3.63) is 47.3 Å². The van der Waals surface area contributed by atoms with Crippen LogP contribution in [-0.4, -0.2) is 15.6 Å².